The van der Waals surface area contributed by atoms with Gasteiger partial charge in [0, 0.05) is 5.56 Å². The van der Waals surface area contributed by atoms with E-state index in [1.54, 1.807) is 31.4 Å². The van der Waals surface area contributed by atoms with Crippen LogP contribution < -0.4 is 4.74 Å². The van der Waals surface area contributed by atoms with Crippen LogP contribution in [0.1, 0.15) is 48.4 Å². The molecule has 0 N–H and O–H groups in total. The zero-order chi connectivity index (χ0) is 20.0. The number of furan rings is 1. The standard InChI is InChI=1S/C21H26O6/c1-13(2)10-26-20(22)17-12-25-19(15-7-6-8-16(9-15)24-5)18(17)21(23)27-11-14(3)4/h6-9,12-14H,10-11H2,1-5H3. The van der Waals surface area contributed by atoms with Gasteiger partial charge in [0.25, 0.3) is 0 Å². The van der Waals surface area contributed by atoms with Gasteiger partial charge in [-0.3, -0.25) is 0 Å². The fourth-order valence-electron chi connectivity index (χ4n) is 2.32. The molecule has 0 atom stereocenters. The Morgan fingerprint density at radius 3 is 2.22 bits per heavy atom. The number of carbonyl (C=O) groups is 2. The Labute approximate surface area is 159 Å². The van der Waals surface area contributed by atoms with Crippen molar-refractivity contribution in [2.24, 2.45) is 11.8 Å². The lowest BCUT2D eigenvalue weighted by molar-refractivity contribution is 0.0414. The molecule has 2 rings (SSSR count). The van der Waals surface area contributed by atoms with Gasteiger partial charge in [0.1, 0.15) is 28.9 Å². The summed E-state index contributed by atoms with van der Waals surface area (Å²) in [5.41, 5.74) is 0.730. The summed E-state index contributed by atoms with van der Waals surface area (Å²) in [6.45, 7) is 8.22. The fraction of sp³-hybridized carbons (Fsp3) is 0.429. The highest BCUT2D eigenvalue weighted by molar-refractivity contribution is 6.07. The first-order valence-corrected chi connectivity index (χ1v) is 8.93. The van der Waals surface area contributed by atoms with Crippen molar-refractivity contribution < 1.29 is 28.2 Å². The van der Waals surface area contributed by atoms with Crippen LogP contribution in [-0.2, 0) is 9.47 Å². The molecule has 0 bridgehead atoms. The molecule has 1 heterocycles. The molecular weight excluding hydrogens is 348 g/mol. The highest BCUT2D eigenvalue weighted by Gasteiger charge is 2.28. The van der Waals surface area contributed by atoms with Crippen molar-refractivity contribution in [2.45, 2.75) is 27.7 Å². The molecule has 27 heavy (non-hydrogen) atoms. The fourth-order valence-corrected chi connectivity index (χ4v) is 2.32. The Morgan fingerprint density at radius 1 is 1.00 bits per heavy atom. The van der Waals surface area contributed by atoms with Crippen molar-refractivity contribution >= 4 is 11.9 Å². The zero-order valence-electron chi connectivity index (χ0n) is 16.4. The Morgan fingerprint density at radius 2 is 1.63 bits per heavy atom. The predicted molar refractivity (Wildman–Crippen MR) is 101 cm³/mol. The van der Waals surface area contributed by atoms with E-state index >= 15 is 0 Å². The third kappa shape index (κ3) is 5.36. The number of rotatable bonds is 8. The normalized spacial score (nSPS) is 10.9. The third-order valence-electron chi connectivity index (χ3n) is 3.64. The summed E-state index contributed by atoms with van der Waals surface area (Å²) in [5, 5.41) is 0. The average Bonchev–Trinajstić information content (AvgIpc) is 3.09. The number of hydrogen-bond acceptors (Lipinski definition) is 6. The highest BCUT2D eigenvalue weighted by Crippen LogP contribution is 2.32. The van der Waals surface area contributed by atoms with Gasteiger partial charge in [-0.15, -0.1) is 0 Å². The van der Waals surface area contributed by atoms with E-state index in [1.165, 1.54) is 6.26 Å². The lowest BCUT2D eigenvalue weighted by Gasteiger charge is -2.10. The van der Waals surface area contributed by atoms with Crippen molar-refractivity contribution in [1.29, 1.82) is 0 Å². The first-order valence-electron chi connectivity index (χ1n) is 8.93. The molecule has 0 unspecified atom stereocenters. The molecule has 6 nitrogen and oxygen atoms in total. The molecule has 0 amide bonds. The second kappa shape index (κ2) is 9.26. The van der Waals surface area contributed by atoms with E-state index in [2.05, 4.69) is 0 Å². The summed E-state index contributed by atoms with van der Waals surface area (Å²) in [7, 11) is 1.55. The van der Waals surface area contributed by atoms with Gasteiger partial charge in [-0.25, -0.2) is 9.59 Å². The maximum absolute atomic E-state index is 12.7. The van der Waals surface area contributed by atoms with Gasteiger partial charge in [-0.1, -0.05) is 39.8 Å². The van der Waals surface area contributed by atoms with Crippen LogP contribution in [-0.4, -0.2) is 32.3 Å². The van der Waals surface area contributed by atoms with E-state index in [0.29, 0.717) is 11.3 Å². The van der Waals surface area contributed by atoms with Gasteiger partial charge in [0.2, 0.25) is 0 Å². The van der Waals surface area contributed by atoms with Gasteiger partial charge in [-0.05, 0) is 24.0 Å². The van der Waals surface area contributed by atoms with Crippen LogP contribution in [0.3, 0.4) is 0 Å². The minimum atomic E-state index is -0.619. The third-order valence-corrected chi connectivity index (χ3v) is 3.64. The van der Waals surface area contributed by atoms with Crippen LogP contribution in [0.4, 0.5) is 0 Å². The topological polar surface area (TPSA) is 75.0 Å². The lowest BCUT2D eigenvalue weighted by atomic mass is 10.0. The molecule has 0 spiro atoms. The van der Waals surface area contributed by atoms with Gasteiger partial charge in [0.05, 0.1) is 20.3 Å². The second-order valence-corrected chi connectivity index (χ2v) is 7.07. The summed E-state index contributed by atoms with van der Waals surface area (Å²) in [5.74, 6) is -0.0362. The van der Waals surface area contributed by atoms with Crippen LogP contribution in [0.2, 0.25) is 0 Å². The van der Waals surface area contributed by atoms with Crippen LogP contribution >= 0.6 is 0 Å². The van der Waals surface area contributed by atoms with E-state index in [1.807, 2.05) is 27.7 Å². The van der Waals surface area contributed by atoms with E-state index in [0.717, 1.165) is 0 Å². The molecule has 0 saturated carbocycles. The zero-order valence-corrected chi connectivity index (χ0v) is 16.4. The van der Waals surface area contributed by atoms with Crippen LogP contribution in [0.25, 0.3) is 11.3 Å². The van der Waals surface area contributed by atoms with Crippen LogP contribution in [0.5, 0.6) is 5.75 Å². The summed E-state index contributed by atoms with van der Waals surface area (Å²) >= 11 is 0. The molecule has 1 aromatic carbocycles. The van der Waals surface area contributed by atoms with Gasteiger partial charge >= 0.3 is 11.9 Å². The number of benzene rings is 1. The van der Waals surface area contributed by atoms with Gasteiger partial charge in [-0.2, -0.15) is 0 Å². The maximum atomic E-state index is 12.7. The predicted octanol–water partition coefficient (Wildman–Crippen LogP) is 4.58. The largest absolute Gasteiger partial charge is 0.497 e. The molecule has 0 aliphatic rings. The number of hydrogen-bond donors (Lipinski definition) is 0. The summed E-state index contributed by atoms with van der Waals surface area (Å²) in [6.07, 6.45) is 1.24. The molecule has 2 aromatic rings. The maximum Gasteiger partial charge on any atom is 0.342 e. The molecule has 146 valence electrons. The minimum Gasteiger partial charge on any atom is -0.497 e. The smallest absolute Gasteiger partial charge is 0.342 e. The Bertz CT molecular complexity index is 788. The quantitative estimate of drug-likeness (QED) is 0.630. The number of methoxy groups -OCH3 is 1. The van der Waals surface area contributed by atoms with Gasteiger partial charge < -0.3 is 18.6 Å². The summed E-state index contributed by atoms with van der Waals surface area (Å²) in [6, 6.07) is 7.04. The van der Waals surface area contributed by atoms with Crippen molar-refractivity contribution in [3.63, 3.8) is 0 Å². The van der Waals surface area contributed by atoms with Crippen molar-refractivity contribution in [2.75, 3.05) is 20.3 Å². The van der Waals surface area contributed by atoms with Crippen molar-refractivity contribution in [1.82, 2.24) is 0 Å². The van der Waals surface area contributed by atoms with Crippen molar-refractivity contribution in [3.05, 3.63) is 41.7 Å². The summed E-state index contributed by atoms with van der Waals surface area (Å²) in [4.78, 5) is 25.2. The van der Waals surface area contributed by atoms with Crippen molar-refractivity contribution in [3.8, 4) is 17.1 Å². The average molecular weight is 374 g/mol. The van der Waals surface area contributed by atoms with E-state index in [-0.39, 0.29) is 41.9 Å². The van der Waals surface area contributed by atoms with Crippen LogP contribution in [0.15, 0.2) is 34.9 Å². The van der Waals surface area contributed by atoms with E-state index in [4.69, 9.17) is 18.6 Å². The monoisotopic (exact) mass is 374 g/mol. The number of esters is 2. The molecule has 1 aromatic heterocycles. The van der Waals surface area contributed by atoms with Crippen LogP contribution in [0, 0.1) is 11.8 Å². The first kappa shape index (κ1) is 20.6. The Balaban J connectivity index is 2.43. The molecule has 0 saturated heterocycles. The molecular formula is C21H26O6. The SMILES string of the molecule is COc1cccc(-c2occ(C(=O)OCC(C)C)c2C(=O)OCC(C)C)c1. The molecule has 0 fully saturated rings. The second-order valence-electron chi connectivity index (χ2n) is 7.07. The first-order chi connectivity index (χ1) is 12.8. The van der Waals surface area contributed by atoms with E-state index < -0.39 is 11.9 Å². The van der Waals surface area contributed by atoms with E-state index in [9.17, 15) is 9.59 Å². The number of ether oxygens (including phenoxy) is 3. The molecule has 0 aliphatic carbocycles. The highest BCUT2D eigenvalue weighted by atomic mass is 16.5. The van der Waals surface area contributed by atoms with Gasteiger partial charge in [0.15, 0.2) is 0 Å². The lowest BCUT2D eigenvalue weighted by Crippen LogP contribution is -2.16. The summed E-state index contributed by atoms with van der Waals surface area (Å²) < 4.78 is 21.4. The number of carbonyl (C=O) groups excluding carboxylic acids is 2. The Hall–Kier alpha value is -2.76. The minimum absolute atomic E-state index is 0.0576. The molecule has 6 heteroatoms. The Kier molecular flexibility index (Phi) is 7.05. The molecule has 0 radical (unpaired) electrons. The molecule has 0 aliphatic heterocycles.